The number of nitrogens with zero attached hydrogens (tertiary/aromatic N) is 1. The number of fused-ring (bicyclic) bond motifs is 5. The molecular weight excluding hydrogens is 212 g/mol. The minimum absolute atomic E-state index is 0.0915. The Kier molecular flexibility index (Phi) is 1.60. The lowest BCUT2D eigenvalue weighted by Gasteiger charge is -2.03. The van der Waals surface area contributed by atoms with Gasteiger partial charge in [-0.25, -0.2) is 0 Å². The van der Waals surface area contributed by atoms with Gasteiger partial charge in [0.2, 0.25) is 0 Å². The number of nitrogens with one attached hydrogen (secondary N) is 1. The van der Waals surface area contributed by atoms with Gasteiger partial charge < -0.3 is 9.38 Å². The van der Waals surface area contributed by atoms with Crippen LogP contribution in [0.1, 0.15) is 17.7 Å². The van der Waals surface area contributed by atoms with Crippen molar-refractivity contribution >= 4 is 16.4 Å². The summed E-state index contributed by atoms with van der Waals surface area (Å²) in [5, 5.41) is 2.31. The van der Waals surface area contributed by atoms with Gasteiger partial charge >= 0.3 is 0 Å². The van der Waals surface area contributed by atoms with Crippen molar-refractivity contribution in [2.45, 2.75) is 19.3 Å². The van der Waals surface area contributed by atoms with Crippen LogP contribution >= 0.6 is 0 Å². The van der Waals surface area contributed by atoms with E-state index in [9.17, 15) is 4.79 Å². The highest BCUT2D eigenvalue weighted by Gasteiger charge is 2.19. The molecule has 4 rings (SSSR count). The fourth-order valence-electron chi connectivity index (χ4n) is 2.92. The number of benzene rings is 1. The second-order valence-corrected chi connectivity index (χ2v) is 4.67. The zero-order valence-electron chi connectivity index (χ0n) is 9.36. The van der Waals surface area contributed by atoms with E-state index in [-0.39, 0.29) is 5.56 Å². The summed E-state index contributed by atoms with van der Waals surface area (Å²) in [4.78, 5) is 15.0. The number of hydrogen-bond acceptors (Lipinski definition) is 1. The molecule has 0 fully saturated rings. The van der Waals surface area contributed by atoms with Crippen LogP contribution in [0.3, 0.4) is 0 Å². The number of aryl methyl sites for hydroxylation is 1. The predicted octanol–water partition coefficient (Wildman–Crippen LogP) is 2.27. The zero-order valence-corrected chi connectivity index (χ0v) is 9.36. The quantitative estimate of drug-likeness (QED) is 0.625. The molecule has 0 bridgehead atoms. The summed E-state index contributed by atoms with van der Waals surface area (Å²) in [5.74, 6) is 0. The van der Waals surface area contributed by atoms with Crippen molar-refractivity contribution in [3.63, 3.8) is 0 Å². The average molecular weight is 224 g/mol. The van der Waals surface area contributed by atoms with Gasteiger partial charge in [-0.1, -0.05) is 24.3 Å². The Bertz CT molecular complexity index is 795. The highest BCUT2D eigenvalue weighted by atomic mass is 16.1. The molecule has 3 nitrogen and oxygen atoms in total. The van der Waals surface area contributed by atoms with Crippen molar-refractivity contribution in [3.8, 4) is 0 Å². The smallest absolute Gasteiger partial charge is 0.254 e. The molecule has 3 heteroatoms. The van der Waals surface area contributed by atoms with Crippen LogP contribution in [0.25, 0.3) is 16.4 Å². The van der Waals surface area contributed by atoms with Crippen LogP contribution in [-0.2, 0) is 12.8 Å². The van der Waals surface area contributed by atoms with E-state index in [4.69, 9.17) is 0 Å². The Hall–Kier alpha value is -2.03. The van der Waals surface area contributed by atoms with Crippen LogP contribution in [0.5, 0.6) is 0 Å². The molecule has 1 aliphatic rings. The zero-order chi connectivity index (χ0) is 11.4. The number of H-pyrrole nitrogens is 1. The van der Waals surface area contributed by atoms with E-state index in [2.05, 4.69) is 27.7 Å². The monoisotopic (exact) mass is 224 g/mol. The highest BCUT2D eigenvalue weighted by Crippen LogP contribution is 2.25. The minimum Gasteiger partial charge on any atom is -0.307 e. The van der Waals surface area contributed by atoms with E-state index in [1.807, 2.05) is 12.1 Å². The minimum atomic E-state index is 0.0915. The summed E-state index contributed by atoms with van der Waals surface area (Å²) < 4.78 is 2.16. The van der Waals surface area contributed by atoms with Gasteiger partial charge in [0.05, 0.1) is 0 Å². The van der Waals surface area contributed by atoms with E-state index in [0.29, 0.717) is 0 Å². The lowest BCUT2D eigenvalue weighted by Crippen LogP contribution is -2.15. The molecule has 0 saturated carbocycles. The van der Waals surface area contributed by atoms with Crippen molar-refractivity contribution in [1.82, 2.24) is 9.38 Å². The van der Waals surface area contributed by atoms with Crippen LogP contribution < -0.4 is 5.56 Å². The highest BCUT2D eigenvalue weighted by molar-refractivity contribution is 5.95. The van der Waals surface area contributed by atoms with Gasteiger partial charge in [-0.05, 0) is 19.3 Å². The Morgan fingerprint density at radius 2 is 2.06 bits per heavy atom. The Labute approximate surface area is 97.7 Å². The first-order chi connectivity index (χ1) is 8.34. The van der Waals surface area contributed by atoms with Gasteiger partial charge in [0, 0.05) is 28.2 Å². The third-order valence-electron chi connectivity index (χ3n) is 3.71. The van der Waals surface area contributed by atoms with Crippen molar-refractivity contribution < 1.29 is 0 Å². The first kappa shape index (κ1) is 9.05. The van der Waals surface area contributed by atoms with Crippen LogP contribution in [0, 0.1) is 0 Å². The first-order valence-electron chi connectivity index (χ1n) is 5.98. The summed E-state index contributed by atoms with van der Waals surface area (Å²) in [6, 6.07) is 8.18. The maximum absolute atomic E-state index is 12.0. The first-order valence-corrected chi connectivity index (χ1v) is 5.98. The molecule has 0 unspecified atom stereocenters. The van der Waals surface area contributed by atoms with Crippen molar-refractivity contribution in [3.05, 3.63) is 52.1 Å². The summed E-state index contributed by atoms with van der Waals surface area (Å²) in [5.41, 5.74) is 3.19. The standard InChI is InChI=1S/C14H12N2O/c17-14-11-6-3-7-12(11)16-8-9-4-1-2-5-10(9)13(16)15-14/h1-2,4-5,8H,3,6-7H2,(H,15,17). The Morgan fingerprint density at radius 3 is 3.00 bits per heavy atom. The summed E-state index contributed by atoms with van der Waals surface area (Å²) >= 11 is 0. The van der Waals surface area contributed by atoms with Crippen LogP contribution in [0.4, 0.5) is 0 Å². The number of rotatable bonds is 0. The lowest BCUT2D eigenvalue weighted by molar-refractivity contribution is 0.889. The van der Waals surface area contributed by atoms with Crippen molar-refractivity contribution in [1.29, 1.82) is 0 Å². The fraction of sp³-hybridized carbons (Fsp3) is 0.214. The fourth-order valence-corrected chi connectivity index (χ4v) is 2.92. The molecule has 2 heterocycles. The van der Waals surface area contributed by atoms with Crippen LogP contribution in [-0.4, -0.2) is 9.38 Å². The van der Waals surface area contributed by atoms with Gasteiger partial charge in [0.15, 0.2) is 0 Å². The number of aromatic nitrogens is 2. The summed E-state index contributed by atoms with van der Waals surface area (Å²) in [6.45, 7) is 0. The summed E-state index contributed by atoms with van der Waals surface area (Å²) in [6.07, 6.45) is 5.14. The average Bonchev–Trinajstić information content (AvgIpc) is 2.93. The molecule has 0 atom stereocenters. The SMILES string of the molecule is O=c1[nH]c2c3ccccc3cn2c2c1CCC2. The van der Waals surface area contributed by atoms with Crippen LogP contribution in [0.15, 0.2) is 35.3 Å². The lowest BCUT2D eigenvalue weighted by atomic mass is 10.2. The molecule has 0 aliphatic heterocycles. The molecule has 1 aliphatic carbocycles. The number of hydrogen-bond donors (Lipinski definition) is 1. The van der Waals surface area contributed by atoms with Gasteiger partial charge in [0.1, 0.15) is 5.65 Å². The summed E-state index contributed by atoms with van der Waals surface area (Å²) in [7, 11) is 0. The van der Waals surface area contributed by atoms with Crippen molar-refractivity contribution in [2.24, 2.45) is 0 Å². The maximum atomic E-state index is 12.0. The molecule has 3 aromatic rings. The Morgan fingerprint density at radius 1 is 1.18 bits per heavy atom. The maximum Gasteiger partial charge on any atom is 0.254 e. The third-order valence-corrected chi connectivity index (χ3v) is 3.71. The van der Waals surface area contributed by atoms with Crippen LogP contribution in [0.2, 0.25) is 0 Å². The Balaban J connectivity index is 2.30. The molecule has 0 amide bonds. The van der Waals surface area contributed by atoms with E-state index >= 15 is 0 Å². The van der Waals surface area contributed by atoms with E-state index < -0.39 is 0 Å². The molecule has 1 aromatic carbocycles. The van der Waals surface area contributed by atoms with E-state index in [0.717, 1.165) is 35.9 Å². The molecule has 17 heavy (non-hydrogen) atoms. The predicted molar refractivity (Wildman–Crippen MR) is 67.5 cm³/mol. The largest absolute Gasteiger partial charge is 0.307 e. The molecule has 1 N–H and O–H groups in total. The van der Waals surface area contributed by atoms with E-state index in [1.54, 1.807) is 0 Å². The molecule has 2 aromatic heterocycles. The topological polar surface area (TPSA) is 37.3 Å². The second-order valence-electron chi connectivity index (χ2n) is 4.67. The third kappa shape index (κ3) is 1.08. The van der Waals surface area contributed by atoms with Gasteiger partial charge in [-0.2, -0.15) is 0 Å². The van der Waals surface area contributed by atoms with Gasteiger partial charge in [-0.15, -0.1) is 0 Å². The molecular formula is C14H12N2O. The second kappa shape index (κ2) is 3.00. The molecule has 0 radical (unpaired) electrons. The van der Waals surface area contributed by atoms with Gasteiger partial charge in [-0.3, -0.25) is 4.79 Å². The molecule has 0 spiro atoms. The van der Waals surface area contributed by atoms with Crippen molar-refractivity contribution in [2.75, 3.05) is 0 Å². The van der Waals surface area contributed by atoms with E-state index in [1.165, 1.54) is 11.1 Å². The molecule has 0 saturated heterocycles. The van der Waals surface area contributed by atoms with Gasteiger partial charge in [0.25, 0.3) is 5.56 Å². The number of aromatic amines is 1. The normalized spacial score (nSPS) is 14.6. The molecule has 84 valence electrons.